The van der Waals surface area contributed by atoms with Crippen LogP contribution in [0.2, 0.25) is 0 Å². The van der Waals surface area contributed by atoms with Crippen LogP contribution in [0.1, 0.15) is 18.6 Å². The molecule has 1 aromatic carbocycles. The van der Waals surface area contributed by atoms with Gasteiger partial charge >= 0.3 is 5.69 Å². The molecule has 0 aliphatic carbocycles. The van der Waals surface area contributed by atoms with Crippen molar-refractivity contribution in [1.82, 2.24) is 9.55 Å². The molecule has 0 saturated heterocycles. The van der Waals surface area contributed by atoms with Crippen LogP contribution in [-0.2, 0) is 6.54 Å². The van der Waals surface area contributed by atoms with E-state index >= 15 is 0 Å². The van der Waals surface area contributed by atoms with Gasteiger partial charge in [0.15, 0.2) is 0 Å². The Morgan fingerprint density at radius 1 is 1.57 bits per heavy atom. The van der Waals surface area contributed by atoms with Gasteiger partial charge in [0.1, 0.15) is 6.61 Å². The lowest BCUT2D eigenvalue weighted by Gasteiger charge is -2.14. The Kier molecular flexibility index (Phi) is 4.92. The number of rotatable bonds is 6. The van der Waals surface area contributed by atoms with Crippen LogP contribution in [0.25, 0.3) is 0 Å². The summed E-state index contributed by atoms with van der Waals surface area (Å²) in [5.74, 6) is 0.0957. The van der Waals surface area contributed by atoms with E-state index in [9.17, 15) is 15.2 Å². The van der Waals surface area contributed by atoms with Gasteiger partial charge < -0.3 is 14.4 Å². The fourth-order valence-corrected chi connectivity index (χ4v) is 2.34. The molecule has 0 radical (unpaired) electrons. The van der Waals surface area contributed by atoms with Gasteiger partial charge in [-0.1, -0.05) is 15.9 Å². The van der Waals surface area contributed by atoms with Crippen LogP contribution in [-0.4, -0.2) is 26.2 Å². The third kappa shape index (κ3) is 3.79. The first-order valence-electron chi connectivity index (χ1n) is 6.23. The van der Waals surface area contributed by atoms with Gasteiger partial charge in [-0.2, -0.15) is 0 Å². The number of benzene rings is 1. The van der Waals surface area contributed by atoms with Gasteiger partial charge in [0.2, 0.25) is 5.75 Å². The molecule has 1 atom stereocenters. The fourth-order valence-electron chi connectivity index (χ4n) is 1.88. The van der Waals surface area contributed by atoms with E-state index in [2.05, 4.69) is 20.9 Å². The first-order chi connectivity index (χ1) is 9.99. The van der Waals surface area contributed by atoms with Gasteiger partial charge in [-0.25, -0.2) is 4.98 Å². The number of halogens is 1. The topological polar surface area (TPSA) is 90.4 Å². The first-order valence-corrected chi connectivity index (χ1v) is 7.02. The summed E-state index contributed by atoms with van der Waals surface area (Å²) in [6.07, 6.45) is 4.18. The number of aliphatic hydroxyl groups excluding tert-OH is 1. The van der Waals surface area contributed by atoms with Crippen molar-refractivity contribution in [2.45, 2.75) is 19.6 Å². The van der Waals surface area contributed by atoms with Gasteiger partial charge in [0.25, 0.3) is 0 Å². The molecule has 0 amide bonds. The van der Waals surface area contributed by atoms with E-state index in [-0.39, 0.29) is 18.0 Å². The Hall–Kier alpha value is -1.93. The third-order valence-corrected chi connectivity index (χ3v) is 3.32. The minimum atomic E-state index is -0.871. The molecule has 1 N–H and O–H groups in total. The predicted octanol–water partition coefficient (Wildman–Crippen LogP) is 2.69. The zero-order valence-electron chi connectivity index (χ0n) is 11.3. The van der Waals surface area contributed by atoms with E-state index in [1.807, 2.05) is 0 Å². The zero-order valence-corrected chi connectivity index (χ0v) is 12.9. The van der Waals surface area contributed by atoms with Gasteiger partial charge in [-0.05, 0) is 13.0 Å². The summed E-state index contributed by atoms with van der Waals surface area (Å²) in [7, 11) is 0. The highest BCUT2D eigenvalue weighted by Crippen LogP contribution is 2.37. The molecule has 112 valence electrons. The number of imidazole rings is 1. The molecule has 1 aromatic heterocycles. The predicted molar refractivity (Wildman–Crippen MR) is 79.2 cm³/mol. The standard InChI is InChI=1S/C13H14BrN3O4/c1-9(18)11-6-10(14)7-12(17(19)20)13(11)21-5-4-16-3-2-15-8-16/h2-3,6-9,18H,4-5H2,1H3/t9-/m1/s1. The molecule has 0 saturated carbocycles. The van der Waals surface area contributed by atoms with Gasteiger partial charge in [0.05, 0.1) is 23.9 Å². The average molecular weight is 356 g/mol. The van der Waals surface area contributed by atoms with Crippen molar-refractivity contribution in [2.24, 2.45) is 0 Å². The molecule has 0 bridgehead atoms. The second-order valence-corrected chi connectivity index (χ2v) is 5.34. The number of nitro groups is 1. The van der Waals surface area contributed by atoms with Crippen molar-refractivity contribution in [2.75, 3.05) is 6.61 Å². The normalized spacial score (nSPS) is 12.1. The molecule has 7 nitrogen and oxygen atoms in total. The summed E-state index contributed by atoms with van der Waals surface area (Å²) < 4.78 is 7.87. The van der Waals surface area contributed by atoms with Crippen molar-refractivity contribution in [1.29, 1.82) is 0 Å². The lowest BCUT2D eigenvalue weighted by Crippen LogP contribution is -2.10. The highest BCUT2D eigenvalue weighted by molar-refractivity contribution is 9.10. The number of aromatic nitrogens is 2. The molecule has 1 heterocycles. The highest BCUT2D eigenvalue weighted by atomic mass is 79.9. The smallest absolute Gasteiger partial charge is 0.312 e. The van der Waals surface area contributed by atoms with Crippen LogP contribution in [0.15, 0.2) is 35.3 Å². The minimum Gasteiger partial charge on any atom is -0.485 e. The monoisotopic (exact) mass is 355 g/mol. The Morgan fingerprint density at radius 2 is 2.33 bits per heavy atom. The molecule has 2 aromatic rings. The summed E-state index contributed by atoms with van der Waals surface area (Å²) in [5, 5.41) is 20.9. The summed E-state index contributed by atoms with van der Waals surface area (Å²) in [4.78, 5) is 14.5. The maximum Gasteiger partial charge on any atom is 0.312 e. The maximum absolute atomic E-state index is 11.1. The number of hydrogen-bond donors (Lipinski definition) is 1. The van der Waals surface area contributed by atoms with E-state index in [0.717, 1.165) is 0 Å². The van der Waals surface area contributed by atoms with Crippen LogP contribution in [0.4, 0.5) is 5.69 Å². The van der Waals surface area contributed by atoms with Crippen LogP contribution >= 0.6 is 15.9 Å². The molecule has 8 heteroatoms. The SMILES string of the molecule is C[C@@H](O)c1cc(Br)cc([N+](=O)[O-])c1OCCn1ccnc1. The first kappa shape index (κ1) is 15.5. The van der Waals surface area contributed by atoms with E-state index < -0.39 is 11.0 Å². The molecular weight excluding hydrogens is 342 g/mol. The molecule has 0 aliphatic rings. The van der Waals surface area contributed by atoms with Crippen molar-refractivity contribution in [3.63, 3.8) is 0 Å². The van der Waals surface area contributed by atoms with E-state index in [0.29, 0.717) is 16.6 Å². The quantitative estimate of drug-likeness (QED) is 0.635. The van der Waals surface area contributed by atoms with E-state index in [4.69, 9.17) is 4.74 Å². The highest BCUT2D eigenvalue weighted by Gasteiger charge is 2.23. The summed E-state index contributed by atoms with van der Waals surface area (Å²) in [6, 6.07) is 2.97. The van der Waals surface area contributed by atoms with E-state index in [1.54, 1.807) is 29.4 Å². The molecule has 0 spiro atoms. The Morgan fingerprint density at radius 3 is 2.90 bits per heavy atom. The number of aliphatic hydroxyl groups is 1. The molecular formula is C13H14BrN3O4. The Bertz CT molecular complexity index is 629. The zero-order chi connectivity index (χ0) is 15.4. The maximum atomic E-state index is 11.1. The summed E-state index contributed by atoms with van der Waals surface area (Å²) >= 11 is 3.20. The van der Waals surface area contributed by atoms with Crippen molar-refractivity contribution in [3.8, 4) is 5.75 Å². The molecule has 21 heavy (non-hydrogen) atoms. The van der Waals surface area contributed by atoms with Gasteiger partial charge in [0, 0.05) is 28.5 Å². The van der Waals surface area contributed by atoms with Crippen LogP contribution in [0, 0.1) is 10.1 Å². The molecule has 2 rings (SSSR count). The molecule has 0 aliphatic heterocycles. The Balaban J connectivity index is 2.24. The van der Waals surface area contributed by atoms with Crippen LogP contribution in [0.3, 0.4) is 0 Å². The third-order valence-electron chi connectivity index (χ3n) is 2.86. The minimum absolute atomic E-state index is 0.0957. The van der Waals surface area contributed by atoms with Crippen molar-refractivity contribution >= 4 is 21.6 Å². The lowest BCUT2D eigenvalue weighted by molar-refractivity contribution is -0.386. The Labute approximate surface area is 129 Å². The second-order valence-electron chi connectivity index (χ2n) is 4.43. The fraction of sp³-hybridized carbons (Fsp3) is 0.308. The largest absolute Gasteiger partial charge is 0.485 e. The van der Waals surface area contributed by atoms with Crippen molar-refractivity contribution in [3.05, 3.63) is 51.0 Å². The van der Waals surface area contributed by atoms with Crippen molar-refractivity contribution < 1.29 is 14.8 Å². The average Bonchev–Trinajstić information content (AvgIpc) is 2.92. The van der Waals surface area contributed by atoms with Gasteiger partial charge in [-0.3, -0.25) is 10.1 Å². The number of ether oxygens (including phenoxy) is 1. The van der Waals surface area contributed by atoms with Gasteiger partial charge in [-0.15, -0.1) is 0 Å². The number of nitrogens with zero attached hydrogens (tertiary/aromatic N) is 3. The van der Waals surface area contributed by atoms with E-state index in [1.165, 1.54) is 13.0 Å². The molecule has 0 unspecified atom stereocenters. The summed E-state index contributed by atoms with van der Waals surface area (Å²) in [6.45, 7) is 2.28. The second kappa shape index (κ2) is 6.68. The van der Waals surface area contributed by atoms with Crippen LogP contribution < -0.4 is 4.74 Å². The number of hydrogen-bond acceptors (Lipinski definition) is 5. The van der Waals surface area contributed by atoms with Crippen LogP contribution in [0.5, 0.6) is 5.75 Å². The molecule has 0 fully saturated rings. The summed E-state index contributed by atoms with van der Waals surface area (Å²) in [5.41, 5.74) is 0.201. The lowest BCUT2D eigenvalue weighted by atomic mass is 10.1. The number of nitro benzene ring substituents is 1.